The molecule has 0 atom stereocenters. The topological polar surface area (TPSA) is 74.8 Å². The van der Waals surface area contributed by atoms with Crippen LogP contribution in [0.15, 0.2) is 54.7 Å². The van der Waals surface area contributed by atoms with Crippen molar-refractivity contribution in [3.63, 3.8) is 0 Å². The van der Waals surface area contributed by atoms with Crippen molar-refractivity contribution in [1.82, 2.24) is 14.8 Å². The van der Waals surface area contributed by atoms with Gasteiger partial charge in [0.15, 0.2) is 0 Å². The molecule has 1 aromatic heterocycles. The molecule has 2 saturated heterocycles. The van der Waals surface area contributed by atoms with Crippen LogP contribution in [0.1, 0.15) is 74.7 Å². The van der Waals surface area contributed by atoms with Crippen molar-refractivity contribution in [2.75, 3.05) is 45.2 Å². The molecule has 0 saturated carbocycles. The third-order valence-corrected chi connectivity index (χ3v) is 8.30. The molecule has 7 nitrogen and oxygen atoms in total. The van der Waals surface area contributed by atoms with Crippen LogP contribution in [0.2, 0.25) is 0 Å². The lowest BCUT2D eigenvalue weighted by Crippen LogP contribution is -2.38. The number of ether oxygens (including phenoxy) is 1. The number of aromatic nitrogens is 1. The van der Waals surface area contributed by atoms with Crippen molar-refractivity contribution in [2.45, 2.75) is 51.9 Å². The predicted octanol–water partition coefficient (Wildman–Crippen LogP) is 5.62. The van der Waals surface area contributed by atoms with Gasteiger partial charge in [0.05, 0.1) is 12.7 Å². The van der Waals surface area contributed by atoms with Crippen LogP contribution >= 0.6 is 0 Å². The molecule has 3 aromatic rings. The highest BCUT2D eigenvalue weighted by Crippen LogP contribution is 2.30. The van der Waals surface area contributed by atoms with E-state index in [4.69, 9.17) is 4.74 Å². The Kier molecular flexibility index (Phi) is 8.80. The Morgan fingerprint density at radius 3 is 2.20 bits per heavy atom. The van der Waals surface area contributed by atoms with E-state index in [0.717, 1.165) is 67.2 Å². The van der Waals surface area contributed by atoms with E-state index in [1.54, 1.807) is 13.3 Å². The molecule has 3 heterocycles. The Hall–Kier alpha value is -3.71. The Bertz CT molecular complexity index is 1300. The smallest absolute Gasteiger partial charge is 0.255 e. The number of nitrogens with one attached hydrogen (secondary N) is 1. The first-order valence-corrected chi connectivity index (χ1v) is 14.4. The second-order valence-electron chi connectivity index (χ2n) is 11.1. The molecule has 2 fully saturated rings. The molecule has 0 bridgehead atoms. The largest absolute Gasteiger partial charge is 0.496 e. The second-order valence-corrected chi connectivity index (χ2v) is 11.1. The van der Waals surface area contributed by atoms with Crippen LogP contribution in [0.4, 0.5) is 5.69 Å². The van der Waals surface area contributed by atoms with E-state index in [-0.39, 0.29) is 11.8 Å². The Morgan fingerprint density at radius 1 is 0.925 bits per heavy atom. The molecule has 0 unspecified atom stereocenters. The minimum absolute atomic E-state index is 0.0686. The average Bonchev–Trinajstić information content (AvgIpc) is 3.50. The molecule has 2 aliphatic rings. The van der Waals surface area contributed by atoms with E-state index in [0.29, 0.717) is 17.0 Å². The number of anilines is 1. The number of aryl methyl sites for hydroxylation is 2. The summed E-state index contributed by atoms with van der Waals surface area (Å²) in [5, 5.41) is 3.01. The first-order valence-electron chi connectivity index (χ1n) is 14.4. The van der Waals surface area contributed by atoms with E-state index in [1.165, 1.54) is 31.5 Å². The maximum absolute atomic E-state index is 13.1. The van der Waals surface area contributed by atoms with Crippen LogP contribution in [0, 0.1) is 13.8 Å². The van der Waals surface area contributed by atoms with Crippen molar-refractivity contribution in [2.24, 2.45) is 0 Å². The second kappa shape index (κ2) is 12.6. The molecule has 5 rings (SSSR count). The van der Waals surface area contributed by atoms with Crippen molar-refractivity contribution in [3.05, 3.63) is 88.2 Å². The van der Waals surface area contributed by atoms with Gasteiger partial charge in [-0.15, -0.1) is 0 Å². The van der Waals surface area contributed by atoms with Gasteiger partial charge in [0.2, 0.25) is 0 Å². The van der Waals surface area contributed by atoms with Gasteiger partial charge in [0.1, 0.15) is 5.75 Å². The third kappa shape index (κ3) is 6.53. The summed E-state index contributed by atoms with van der Waals surface area (Å²) >= 11 is 0. The van der Waals surface area contributed by atoms with Crippen LogP contribution in [0.3, 0.4) is 0 Å². The molecule has 40 heavy (non-hydrogen) atoms. The van der Waals surface area contributed by atoms with Gasteiger partial charge < -0.3 is 19.9 Å². The van der Waals surface area contributed by atoms with Crippen LogP contribution in [0.5, 0.6) is 5.75 Å². The summed E-state index contributed by atoms with van der Waals surface area (Å²) in [6, 6.07) is 15.8. The van der Waals surface area contributed by atoms with Gasteiger partial charge >= 0.3 is 0 Å². The summed E-state index contributed by atoms with van der Waals surface area (Å²) in [5.41, 5.74) is 6.22. The fourth-order valence-electron chi connectivity index (χ4n) is 6.02. The number of pyridine rings is 1. The lowest BCUT2D eigenvalue weighted by molar-refractivity contribution is 0.0712. The normalized spacial score (nSPS) is 16.2. The summed E-state index contributed by atoms with van der Waals surface area (Å²) in [7, 11) is 1.64. The Labute approximate surface area is 237 Å². The van der Waals surface area contributed by atoms with Crippen LogP contribution in [-0.2, 0) is 6.42 Å². The molecule has 210 valence electrons. The molecular formula is C33H40N4O3. The maximum Gasteiger partial charge on any atom is 0.255 e. The van der Waals surface area contributed by atoms with E-state index >= 15 is 0 Å². The van der Waals surface area contributed by atoms with Crippen LogP contribution in [0.25, 0.3) is 0 Å². The first-order chi connectivity index (χ1) is 19.4. The fourth-order valence-corrected chi connectivity index (χ4v) is 6.02. The summed E-state index contributed by atoms with van der Waals surface area (Å²) in [5.74, 6) is 1.14. The number of hydrogen-bond acceptors (Lipinski definition) is 5. The Balaban J connectivity index is 1.11. The lowest BCUT2D eigenvalue weighted by atomic mass is 9.89. The van der Waals surface area contributed by atoms with Gasteiger partial charge in [0.25, 0.3) is 11.8 Å². The number of methoxy groups -OCH3 is 1. The Morgan fingerprint density at radius 2 is 1.60 bits per heavy atom. The number of carbonyl (C=O) groups is 2. The molecule has 1 N–H and O–H groups in total. The van der Waals surface area contributed by atoms with E-state index in [9.17, 15) is 9.59 Å². The summed E-state index contributed by atoms with van der Waals surface area (Å²) in [6.45, 7) is 8.78. The number of amides is 2. The summed E-state index contributed by atoms with van der Waals surface area (Å²) in [4.78, 5) is 34.9. The van der Waals surface area contributed by atoms with E-state index < -0.39 is 0 Å². The van der Waals surface area contributed by atoms with Crippen molar-refractivity contribution in [1.29, 1.82) is 0 Å². The lowest BCUT2D eigenvalue weighted by Gasteiger charge is -2.32. The minimum Gasteiger partial charge on any atom is -0.496 e. The molecule has 0 aliphatic carbocycles. The zero-order valence-corrected chi connectivity index (χ0v) is 23.9. The van der Waals surface area contributed by atoms with Crippen molar-refractivity contribution < 1.29 is 14.3 Å². The average molecular weight is 541 g/mol. The molecule has 2 aliphatic heterocycles. The SMILES string of the molecule is COc1c(C)cc(C(=O)Nc2ccc(C3CCN(C(=O)c4ccc(CCN5CCCC5)nc4)CC3)cc2)cc1C. The predicted molar refractivity (Wildman–Crippen MR) is 158 cm³/mol. The molecule has 2 aromatic carbocycles. The maximum atomic E-state index is 13.1. The van der Waals surface area contributed by atoms with Gasteiger partial charge in [-0.1, -0.05) is 12.1 Å². The van der Waals surface area contributed by atoms with Crippen LogP contribution in [-0.4, -0.2) is 66.4 Å². The highest BCUT2D eigenvalue weighted by molar-refractivity contribution is 6.04. The summed E-state index contributed by atoms with van der Waals surface area (Å²) < 4.78 is 5.41. The number of hydrogen-bond donors (Lipinski definition) is 1. The number of piperidine rings is 1. The monoisotopic (exact) mass is 540 g/mol. The number of likely N-dealkylation sites (tertiary alicyclic amines) is 2. The number of carbonyl (C=O) groups excluding carboxylic acids is 2. The highest BCUT2D eigenvalue weighted by atomic mass is 16.5. The minimum atomic E-state index is -0.137. The number of nitrogens with zero attached hydrogens (tertiary/aromatic N) is 3. The van der Waals surface area contributed by atoms with Gasteiger partial charge in [-0.25, -0.2) is 0 Å². The molecule has 7 heteroatoms. The number of rotatable bonds is 8. The van der Waals surface area contributed by atoms with Gasteiger partial charge in [-0.2, -0.15) is 0 Å². The molecule has 0 radical (unpaired) electrons. The molecule has 0 spiro atoms. The first kappa shape index (κ1) is 27.8. The van der Waals surface area contributed by atoms with Crippen LogP contribution < -0.4 is 10.1 Å². The zero-order valence-electron chi connectivity index (χ0n) is 23.9. The van der Waals surface area contributed by atoms with Crippen molar-refractivity contribution >= 4 is 17.5 Å². The van der Waals surface area contributed by atoms with E-state index in [1.807, 2.05) is 55.1 Å². The quantitative estimate of drug-likeness (QED) is 0.402. The molecular weight excluding hydrogens is 500 g/mol. The zero-order chi connectivity index (χ0) is 28.1. The van der Waals surface area contributed by atoms with Crippen molar-refractivity contribution in [3.8, 4) is 5.75 Å². The molecule has 2 amide bonds. The third-order valence-electron chi connectivity index (χ3n) is 8.30. The summed E-state index contributed by atoms with van der Waals surface area (Å²) in [6.07, 6.45) is 7.11. The van der Waals surface area contributed by atoms with Gasteiger partial charge in [-0.05, 0) is 112 Å². The van der Waals surface area contributed by atoms with Gasteiger partial charge in [-0.3, -0.25) is 14.6 Å². The van der Waals surface area contributed by atoms with Gasteiger partial charge in [0, 0.05) is 49.2 Å². The fraction of sp³-hybridized carbons (Fsp3) is 0.424. The number of benzene rings is 2. The standard InChI is InChI=1S/C33H40N4O3/c1-23-20-28(21-24(2)31(23)40-3)32(38)35-30-10-6-25(7-11-30)26-12-18-37(19-13-26)33(39)27-8-9-29(34-22-27)14-17-36-15-4-5-16-36/h6-11,20-22,26H,4-5,12-19H2,1-3H3,(H,35,38). The highest BCUT2D eigenvalue weighted by Gasteiger charge is 2.25. The van der Waals surface area contributed by atoms with E-state index in [2.05, 4.69) is 27.3 Å².